The number of carbonyl (C=O) groups is 1. The zero-order valence-corrected chi connectivity index (χ0v) is 15.4. The number of thiazole rings is 1. The van der Waals surface area contributed by atoms with E-state index in [-0.39, 0.29) is 12.3 Å². The molecule has 0 unspecified atom stereocenters. The molecule has 3 rings (SSSR count). The van der Waals surface area contributed by atoms with Crippen LogP contribution in [0.3, 0.4) is 0 Å². The molecule has 2 heterocycles. The standard InChI is InChI=1S/C19H19N3O3S/c1-24-16-7-3-5-13(18(16)25-2)11-21-17(23)9-15-12-26-19(22-15)14-6-4-8-20-10-14/h3-8,10,12H,9,11H2,1-2H3,(H,21,23). The molecule has 3 aromatic rings. The Morgan fingerprint density at radius 1 is 1.19 bits per heavy atom. The summed E-state index contributed by atoms with van der Waals surface area (Å²) in [5.74, 6) is 1.17. The van der Waals surface area contributed by atoms with Gasteiger partial charge in [-0.15, -0.1) is 11.3 Å². The number of nitrogens with zero attached hydrogens (tertiary/aromatic N) is 2. The van der Waals surface area contributed by atoms with Gasteiger partial charge in [0.25, 0.3) is 0 Å². The number of methoxy groups -OCH3 is 2. The third-order valence-electron chi connectivity index (χ3n) is 3.76. The van der Waals surface area contributed by atoms with Gasteiger partial charge in [-0.25, -0.2) is 4.98 Å². The molecule has 26 heavy (non-hydrogen) atoms. The molecule has 0 saturated carbocycles. The first kappa shape index (κ1) is 17.9. The van der Waals surface area contributed by atoms with Crippen LogP contribution in [-0.4, -0.2) is 30.1 Å². The van der Waals surface area contributed by atoms with Gasteiger partial charge in [0.1, 0.15) is 5.01 Å². The van der Waals surface area contributed by atoms with Gasteiger partial charge in [0, 0.05) is 35.4 Å². The molecule has 0 fully saturated rings. The van der Waals surface area contributed by atoms with Gasteiger partial charge < -0.3 is 14.8 Å². The molecule has 0 spiro atoms. The van der Waals surface area contributed by atoms with Gasteiger partial charge in [0.05, 0.1) is 26.3 Å². The molecule has 1 N–H and O–H groups in total. The quantitative estimate of drug-likeness (QED) is 0.693. The van der Waals surface area contributed by atoms with Crippen LogP contribution in [0.4, 0.5) is 0 Å². The Balaban J connectivity index is 1.61. The summed E-state index contributed by atoms with van der Waals surface area (Å²) in [6.45, 7) is 0.360. The lowest BCUT2D eigenvalue weighted by Gasteiger charge is -2.13. The van der Waals surface area contributed by atoms with Gasteiger partial charge in [0.2, 0.25) is 5.91 Å². The number of aromatic nitrogens is 2. The maximum absolute atomic E-state index is 12.3. The van der Waals surface area contributed by atoms with Crippen LogP contribution in [0.5, 0.6) is 11.5 Å². The maximum atomic E-state index is 12.3. The predicted molar refractivity (Wildman–Crippen MR) is 100 cm³/mol. The van der Waals surface area contributed by atoms with Crippen molar-refractivity contribution < 1.29 is 14.3 Å². The molecule has 0 saturated heterocycles. The van der Waals surface area contributed by atoms with E-state index in [1.807, 2.05) is 35.7 Å². The third kappa shape index (κ3) is 4.18. The third-order valence-corrected chi connectivity index (χ3v) is 4.70. The van der Waals surface area contributed by atoms with E-state index in [2.05, 4.69) is 15.3 Å². The summed E-state index contributed by atoms with van der Waals surface area (Å²) < 4.78 is 10.7. The Morgan fingerprint density at radius 3 is 2.81 bits per heavy atom. The van der Waals surface area contributed by atoms with E-state index >= 15 is 0 Å². The minimum Gasteiger partial charge on any atom is -0.493 e. The molecule has 0 atom stereocenters. The number of carbonyl (C=O) groups excluding carboxylic acids is 1. The fourth-order valence-corrected chi connectivity index (χ4v) is 3.33. The number of hydrogen-bond acceptors (Lipinski definition) is 6. The highest BCUT2D eigenvalue weighted by Gasteiger charge is 2.12. The highest BCUT2D eigenvalue weighted by molar-refractivity contribution is 7.13. The smallest absolute Gasteiger partial charge is 0.226 e. The largest absolute Gasteiger partial charge is 0.493 e. The van der Waals surface area contributed by atoms with Crippen LogP contribution in [0.25, 0.3) is 10.6 Å². The summed E-state index contributed by atoms with van der Waals surface area (Å²) in [4.78, 5) is 20.9. The minimum absolute atomic E-state index is 0.0992. The zero-order chi connectivity index (χ0) is 18.4. The van der Waals surface area contributed by atoms with E-state index in [0.717, 1.165) is 21.8 Å². The highest BCUT2D eigenvalue weighted by Crippen LogP contribution is 2.30. The number of hydrogen-bond donors (Lipinski definition) is 1. The van der Waals surface area contributed by atoms with Gasteiger partial charge in [0.15, 0.2) is 11.5 Å². The number of amides is 1. The molecule has 1 aromatic carbocycles. The van der Waals surface area contributed by atoms with Crippen molar-refractivity contribution in [2.24, 2.45) is 0 Å². The highest BCUT2D eigenvalue weighted by atomic mass is 32.1. The average molecular weight is 369 g/mol. The van der Waals surface area contributed by atoms with Gasteiger partial charge in [-0.3, -0.25) is 9.78 Å². The van der Waals surface area contributed by atoms with Crippen molar-refractivity contribution in [3.05, 3.63) is 59.4 Å². The Kier molecular flexibility index (Phi) is 5.80. The predicted octanol–water partition coefficient (Wildman–Crippen LogP) is 3.08. The van der Waals surface area contributed by atoms with Crippen molar-refractivity contribution in [1.82, 2.24) is 15.3 Å². The summed E-state index contributed by atoms with van der Waals surface area (Å²) in [6.07, 6.45) is 3.71. The summed E-state index contributed by atoms with van der Waals surface area (Å²) in [5.41, 5.74) is 2.55. The van der Waals surface area contributed by atoms with Crippen LogP contribution >= 0.6 is 11.3 Å². The van der Waals surface area contributed by atoms with E-state index in [1.54, 1.807) is 26.6 Å². The fourth-order valence-electron chi connectivity index (χ4n) is 2.52. The molecule has 6 nitrogen and oxygen atoms in total. The number of para-hydroxylation sites is 1. The lowest BCUT2D eigenvalue weighted by atomic mass is 10.2. The van der Waals surface area contributed by atoms with Crippen LogP contribution in [0.1, 0.15) is 11.3 Å². The van der Waals surface area contributed by atoms with Gasteiger partial charge in [-0.2, -0.15) is 0 Å². The molecular weight excluding hydrogens is 350 g/mol. The molecule has 0 aliphatic carbocycles. The average Bonchev–Trinajstić information content (AvgIpc) is 3.15. The summed E-state index contributed by atoms with van der Waals surface area (Å²) in [7, 11) is 3.17. The monoisotopic (exact) mass is 369 g/mol. The first-order chi connectivity index (χ1) is 12.7. The number of pyridine rings is 1. The number of benzene rings is 1. The Hall–Kier alpha value is -2.93. The normalized spacial score (nSPS) is 10.4. The maximum Gasteiger partial charge on any atom is 0.226 e. The molecule has 0 radical (unpaired) electrons. The lowest BCUT2D eigenvalue weighted by Crippen LogP contribution is -2.25. The van der Waals surface area contributed by atoms with E-state index < -0.39 is 0 Å². The fraction of sp³-hybridized carbons (Fsp3) is 0.211. The second kappa shape index (κ2) is 8.44. The molecule has 1 amide bonds. The van der Waals surface area contributed by atoms with E-state index in [0.29, 0.717) is 18.0 Å². The molecule has 0 bridgehead atoms. The first-order valence-electron chi connectivity index (χ1n) is 8.02. The van der Waals surface area contributed by atoms with Crippen LogP contribution in [0.2, 0.25) is 0 Å². The minimum atomic E-state index is -0.0992. The van der Waals surface area contributed by atoms with Crippen LogP contribution in [-0.2, 0) is 17.8 Å². The Labute approximate surface area is 155 Å². The summed E-state index contributed by atoms with van der Waals surface area (Å²) in [5, 5.41) is 5.65. The zero-order valence-electron chi connectivity index (χ0n) is 14.6. The van der Waals surface area contributed by atoms with Crippen molar-refractivity contribution in [2.75, 3.05) is 14.2 Å². The van der Waals surface area contributed by atoms with Crippen LogP contribution < -0.4 is 14.8 Å². The van der Waals surface area contributed by atoms with Crippen molar-refractivity contribution >= 4 is 17.2 Å². The Morgan fingerprint density at radius 2 is 2.08 bits per heavy atom. The van der Waals surface area contributed by atoms with Crippen molar-refractivity contribution in [1.29, 1.82) is 0 Å². The van der Waals surface area contributed by atoms with Gasteiger partial charge in [-0.1, -0.05) is 12.1 Å². The topological polar surface area (TPSA) is 73.3 Å². The molecule has 0 aliphatic heterocycles. The second-order valence-electron chi connectivity index (χ2n) is 5.49. The van der Waals surface area contributed by atoms with E-state index in [9.17, 15) is 4.79 Å². The first-order valence-corrected chi connectivity index (χ1v) is 8.90. The SMILES string of the molecule is COc1cccc(CNC(=O)Cc2csc(-c3cccnc3)n2)c1OC. The van der Waals surface area contributed by atoms with Crippen molar-refractivity contribution in [3.63, 3.8) is 0 Å². The number of nitrogens with one attached hydrogen (secondary N) is 1. The molecule has 134 valence electrons. The van der Waals surface area contributed by atoms with Crippen molar-refractivity contribution in [2.45, 2.75) is 13.0 Å². The van der Waals surface area contributed by atoms with Gasteiger partial charge >= 0.3 is 0 Å². The summed E-state index contributed by atoms with van der Waals surface area (Å²) >= 11 is 1.50. The van der Waals surface area contributed by atoms with E-state index in [1.165, 1.54) is 11.3 Å². The number of rotatable bonds is 7. The second-order valence-corrected chi connectivity index (χ2v) is 6.35. The Bertz CT molecular complexity index is 881. The molecule has 0 aliphatic rings. The van der Waals surface area contributed by atoms with E-state index in [4.69, 9.17) is 9.47 Å². The number of ether oxygens (including phenoxy) is 2. The summed E-state index contributed by atoms with van der Waals surface area (Å²) in [6, 6.07) is 9.39. The molecule has 2 aromatic heterocycles. The van der Waals surface area contributed by atoms with Crippen LogP contribution in [0.15, 0.2) is 48.1 Å². The molecule has 7 heteroatoms. The van der Waals surface area contributed by atoms with Crippen LogP contribution in [0, 0.1) is 0 Å². The van der Waals surface area contributed by atoms with Gasteiger partial charge in [-0.05, 0) is 18.2 Å². The lowest BCUT2D eigenvalue weighted by molar-refractivity contribution is -0.120. The molecular formula is C19H19N3O3S. The van der Waals surface area contributed by atoms with Crippen molar-refractivity contribution in [3.8, 4) is 22.1 Å².